The van der Waals surface area contributed by atoms with E-state index in [0.29, 0.717) is 5.75 Å². The summed E-state index contributed by atoms with van der Waals surface area (Å²) in [5.41, 5.74) is 0. The van der Waals surface area contributed by atoms with Crippen molar-refractivity contribution in [1.29, 1.82) is 0 Å². The van der Waals surface area contributed by atoms with Crippen LogP contribution in [0.4, 0.5) is 8.78 Å². The van der Waals surface area contributed by atoms with Crippen LogP contribution in [-0.4, -0.2) is 145 Å². The molecular weight excluding hydrogens is 488 g/mol. The standard InChI is InChI=1S/C25H43F2N5O3S/c1-17(19-13-29(3)11-8-20(19)32-16-36-14-22(32)24(34)35-5)30(4)23(33)21-12-25(26,27)15-31(21)18-6-9-28(2)10-7-18/h17-22H,6-16H2,1-5H3/t17?,19?,20?,21-,22+/m0/s1. The quantitative estimate of drug-likeness (QED) is 0.478. The maximum atomic E-state index is 14.6. The van der Waals surface area contributed by atoms with Gasteiger partial charge in [0.2, 0.25) is 5.91 Å². The number of halogens is 2. The van der Waals surface area contributed by atoms with Crippen molar-refractivity contribution in [3.8, 4) is 0 Å². The number of piperidine rings is 2. The van der Waals surface area contributed by atoms with Crippen molar-refractivity contribution < 1.29 is 23.1 Å². The number of ether oxygens (including phenoxy) is 1. The molecule has 1 amide bonds. The number of amides is 1. The Bertz CT molecular complexity index is 800. The summed E-state index contributed by atoms with van der Waals surface area (Å²) in [5.74, 6) is -1.70. The van der Waals surface area contributed by atoms with E-state index in [1.54, 1.807) is 28.6 Å². The molecule has 0 aliphatic carbocycles. The van der Waals surface area contributed by atoms with Gasteiger partial charge >= 0.3 is 5.97 Å². The van der Waals surface area contributed by atoms with Gasteiger partial charge in [-0.3, -0.25) is 19.4 Å². The fourth-order valence-corrected chi connectivity index (χ4v) is 7.89. The first-order valence-electron chi connectivity index (χ1n) is 13.2. The maximum Gasteiger partial charge on any atom is 0.323 e. The van der Waals surface area contributed by atoms with E-state index >= 15 is 0 Å². The Morgan fingerprint density at radius 1 is 1.06 bits per heavy atom. The highest BCUT2D eigenvalue weighted by Crippen LogP contribution is 2.38. The van der Waals surface area contributed by atoms with Gasteiger partial charge in [0, 0.05) is 55.7 Å². The number of esters is 1. The van der Waals surface area contributed by atoms with Crippen LogP contribution in [-0.2, 0) is 14.3 Å². The van der Waals surface area contributed by atoms with E-state index < -0.39 is 18.4 Å². The smallest absolute Gasteiger partial charge is 0.323 e. The molecule has 11 heteroatoms. The Morgan fingerprint density at radius 2 is 1.72 bits per heavy atom. The van der Waals surface area contributed by atoms with E-state index in [1.165, 1.54) is 7.11 Å². The van der Waals surface area contributed by atoms with Crippen molar-refractivity contribution in [1.82, 2.24) is 24.5 Å². The van der Waals surface area contributed by atoms with E-state index in [4.69, 9.17) is 4.74 Å². The Labute approximate surface area is 218 Å². The molecule has 0 aromatic rings. The molecule has 0 aromatic carbocycles. The zero-order chi connectivity index (χ0) is 26.2. The Kier molecular flexibility index (Phi) is 8.86. The van der Waals surface area contributed by atoms with Gasteiger partial charge in [0.25, 0.3) is 5.92 Å². The highest BCUT2D eigenvalue weighted by molar-refractivity contribution is 7.99. The van der Waals surface area contributed by atoms with Crippen molar-refractivity contribution in [2.75, 3.05) is 72.6 Å². The lowest BCUT2D eigenvalue weighted by Gasteiger charge is -2.47. The second kappa shape index (κ2) is 11.4. The second-order valence-electron chi connectivity index (χ2n) is 11.3. The second-order valence-corrected chi connectivity index (χ2v) is 12.3. The zero-order valence-corrected chi connectivity index (χ0v) is 23.2. The van der Waals surface area contributed by atoms with Crippen molar-refractivity contribution >= 4 is 23.6 Å². The van der Waals surface area contributed by atoms with Crippen LogP contribution < -0.4 is 0 Å². The number of thioether (sulfide) groups is 1. The minimum Gasteiger partial charge on any atom is -0.468 e. The normalized spacial score (nSPS) is 34.1. The molecule has 4 aliphatic heterocycles. The molecule has 206 valence electrons. The average Bonchev–Trinajstić information content (AvgIpc) is 3.46. The third-order valence-electron chi connectivity index (χ3n) is 8.97. The van der Waals surface area contributed by atoms with Crippen LogP contribution in [0.3, 0.4) is 0 Å². The van der Waals surface area contributed by atoms with E-state index in [9.17, 15) is 18.4 Å². The molecule has 4 saturated heterocycles. The monoisotopic (exact) mass is 531 g/mol. The summed E-state index contributed by atoms with van der Waals surface area (Å²) in [6.07, 6.45) is 2.11. The lowest BCUT2D eigenvalue weighted by atomic mass is 9.84. The minimum atomic E-state index is -2.85. The number of alkyl halides is 2. The van der Waals surface area contributed by atoms with Gasteiger partial charge in [-0.15, -0.1) is 11.8 Å². The molecule has 0 spiro atoms. The van der Waals surface area contributed by atoms with Gasteiger partial charge < -0.3 is 19.4 Å². The SMILES string of the molecule is COC(=O)[C@H]1CSCN1C1CCN(C)CC1C(C)N(C)C(=O)[C@@H]1CC(F)(F)CN1C1CCN(C)CC1. The summed E-state index contributed by atoms with van der Waals surface area (Å²) in [6, 6.07) is -1.07. The van der Waals surface area contributed by atoms with Crippen LogP contribution >= 0.6 is 11.8 Å². The molecule has 0 aromatic heterocycles. The fraction of sp³-hybridized carbons (Fsp3) is 0.920. The minimum absolute atomic E-state index is 0.0169. The molecule has 4 heterocycles. The van der Waals surface area contributed by atoms with Crippen LogP contribution in [0.5, 0.6) is 0 Å². The lowest BCUT2D eigenvalue weighted by Crippen LogP contribution is -2.60. The predicted molar refractivity (Wildman–Crippen MR) is 137 cm³/mol. The van der Waals surface area contributed by atoms with Gasteiger partial charge in [0.1, 0.15) is 6.04 Å². The molecule has 5 atom stereocenters. The van der Waals surface area contributed by atoms with Gasteiger partial charge in [-0.1, -0.05) is 0 Å². The molecule has 0 N–H and O–H groups in total. The summed E-state index contributed by atoms with van der Waals surface area (Å²) < 4.78 is 34.4. The van der Waals surface area contributed by atoms with Gasteiger partial charge in [-0.25, -0.2) is 8.78 Å². The molecule has 4 rings (SSSR count). The van der Waals surface area contributed by atoms with Crippen molar-refractivity contribution in [2.24, 2.45) is 5.92 Å². The predicted octanol–water partition coefficient (Wildman–Crippen LogP) is 1.51. The number of likely N-dealkylation sites (N-methyl/N-ethyl adjacent to an activating group) is 1. The summed E-state index contributed by atoms with van der Waals surface area (Å²) >= 11 is 1.73. The largest absolute Gasteiger partial charge is 0.468 e. The maximum absolute atomic E-state index is 14.6. The molecule has 4 fully saturated rings. The van der Waals surface area contributed by atoms with Crippen LogP contribution in [0, 0.1) is 5.92 Å². The molecular formula is C25H43F2N5O3S. The third-order valence-corrected chi connectivity index (χ3v) is 10.00. The summed E-state index contributed by atoms with van der Waals surface area (Å²) in [5, 5.41) is 0. The van der Waals surface area contributed by atoms with E-state index in [2.05, 4.69) is 21.7 Å². The topological polar surface area (TPSA) is 59.6 Å². The van der Waals surface area contributed by atoms with Crippen molar-refractivity contribution in [3.63, 3.8) is 0 Å². The Morgan fingerprint density at radius 3 is 2.39 bits per heavy atom. The highest BCUT2D eigenvalue weighted by Gasteiger charge is 2.52. The van der Waals surface area contributed by atoms with Crippen LogP contribution in [0.15, 0.2) is 0 Å². The van der Waals surface area contributed by atoms with Crippen molar-refractivity contribution in [2.45, 2.75) is 68.7 Å². The van der Waals surface area contributed by atoms with Crippen LogP contribution in [0.2, 0.25) is 0 Å². The number of likely N-dealkylation sites (tertiary alicyclic amines) is 3. The summed E-state index contributed by atoms with van der Waals surface area (Å²) in [7, 11) is 7.33. The number of rotatable bonds is 6. The zero-order valence-electron chi connectivity index (χ0n) is 22.4. The molecule has 36 heavy (non-hydrogen) atoms. The van der Waals surface area contributed by atoms with Gasteiger partial charge in [-0.05, 0) is 59.9 Å². The first-order valence-corrected chi connectivity index (χ1v) is 14.4. The Hall–Kier alpha value is -1.01. The first kappa shape index (κ1) is 28.0. The number of hydrogen-bond acceptors (Lipinski definition) is 8. The third kappa shape index (κ3) is 5.85. The van der Waals surface area contributed by atoms with Crippen LogP contribution in [0.25, 0.3) is 0 Å². The first-order chi connectivity index (χ1) is 17.0. The van der Waals surface area contributed by atoms with E-state index in [-0.39, 0.29) is 48.5 Å². The Balaban J connectivity index is 1.50. The molecule has 8 nitrogen and oxygen atoms in total. The van der Waals surface area contributed by atoms with Crippen molar-refractivity contribution in [3.05, 3.63) is 0 Å². The summed E-state index contributed by atoms with van der Waals surface area (Å²) in [4.78, 5) is 36.5. The number of methoxy groups -OCH3 is 1. The lowest BCUT2D eigenvalue weighted by molar-refractivity contribution is -0.148. The average molecular weight is 532 g/mol. The molecule has 3 unspecified atom stereocenters. The number of hydrogen-bond donors (Lipinski definition) is 0. The van der Waals surface area contributed by atoms with Gasteiger partial charge in [-0.2, -0.15) is 0 Å². The van der Waals surface area contributed by atoms with E-state index in [0.717, 1.165) is 51.3 Å². The number of nitrogens with zero attached hydrogens (tertiary/aromatic N) is 5. The molecule has 0 saturated carbocycles. The van der Waals surface area contributed by atoms with Crippen LogP contribution in [0.1, 0.15) is 32.6 Å². The number of carbonyl (C=O) groups excluding carboxylic acids is 2. The number of carbonyl (C=O) groups is 2. The van der Waals surface area contributed by atoms with Gasteiger partial charge in [0.15, 0.2) is 0 Å². The molecule has 0 radical (unpaired) electrons. The fourth-order valence-electron chi connectivity index (χ4n) is 6.65. The summed E-state index contributed by atoms with van der Waals surface area (Å²) in [6.45, 7) is 5.15. The highest BCUT2D eigenvalue weighted by atomic mass is 32.2. The molecule has 0 bridgehead atoms. The molecule has 4 aliphatic rings. The van der Waals surface area contributed by atoms with Gasteiger partial charge in [0.05, 0.1) is 19.7 Å². The van der Waals surface area contributed by atoms with E-state index in [1.807, 2.05) is 14.0 Å².